The number of pyridine rings is 1. The third kappa shape index (κ3) is 2.69. The number of aliphatic hydroxyl groups is 1. The van der Waals surface area contributed by atoms with Crippen LogP contribution in [0.15, 0.2) is 24.3 Å². The van der Waals surface area contributed by atoms with Crippen molar-refractivity contribution in [2.45, 2.75) is 33.7 Å². The van der Waals surface area contributed by atoms with Crippen molar-refractivity contribution in [2.75, 3.05) is 19.7 Å². The first-order valence-electron chi connectivity index (χ1n) is 7.34. The fourth-order valence-corrected chi connectivity index (χ4v) is 2.88. The predicted octanol–water partition coefficient (Wildman–Crippen LogP) is 3.23. The van der Waals surface area contributed by atoms with Crippen LogP contribution >= 0.6 is 0 Å². The fraction of sp³-hybridized carbons (Fsp3) is 0.471. The van der Waals surface area contributed by atoms with Gasteiger partial charge in [0.2, 0.25) is 0 Å². The van der Waals surface area contributed by atoms with Crippen molar-refractivity contribution in [3.63, 3.8) is 0 Å². The van der Waals surface area contributed by atoms with Gasteiger partial charge in [-0.15, -0.1) is 0 Å². The number of aromatic nitrogens is 1. The molecule has 1 atom stereocenters. The van der Waals surface area contributed by atoms with Crippen LogP contribution in [0.3, 0.4) is 0 Å². The zero-order valence-corrected chi connectivity index (χ0v) is 12.8. The number of rotatable bonds is 5. The lowest BCUT2D eigenvalue weighted by atomic mass is 9.96. The van der Waals surface area contributed by atoms with Crippen LogP contribution in [-0.2, 0) is 0 Å². The molecule has 1 unspecified atom stereocenters. The standard InChI is InChI=1S/C17H24N2O/c1-5-19(6-2)15(11-20)16-12(3)7-9-14-10-8-13(4)18-17(14)16/h7-10,15,20H,5-6,11H2,1-4H3. The Morgan fingerprint density at radius 1 is 1.10 bits per heavy atom. The minimum atomic E-state index is 0.0167. The molecule has 0 aliphatic carbocycles. The third-order valence-corrected chi connectivity index (χ3v) is 4.02. The highest BCUT2D eigenvalue weighted by Crippen LogP contribution is 2.30. The molecule has 1 aromatic carbocycles. The van der Waals surface area contributed by atoms with Crippen LogP contribution in [0.4, 0.5) is 0 Å². The molecule has 20 heavy (non-hydrogen) atoms. The van der Waals surface area contributed by atoms with E-state index in [0.29, 0.717) is 0 Å². The average molecular weight is 272 g/mol. The van der Waals surface area contributed by atoms with E-state index in [1.807, 2.05) is 13.0 Å². The Morgan fingerprint density at radius 2 is 1.75 bits per heavy atom. The van der Waals surface area contributed by atoms with E-state index in [-0.39, 0.29) is 12.6 Å². The maximum atomic E-state index is 9.90. The molecule has 0 saturated carbocycles. The first-order chi connectivity index (χ1) is 9.62. The molecule has 3 nitrogen and oxygen atoms in total. The molecule has 0 spiro atoms. The SMILES string of the molecule is CCN(CC)C(CO)c1c(C)ccc2ccc(C)nc12. The second-order valence-corrected chi connectivity index (χ2v) is 5.24. The van der Waals surface area contributed by atoms with Crippen molar-refractivity contribution in [3.8, 4) is 0 Å². The van der Waals surface area contributed by atoms with Gasteiger partial charge < -0.3 is 5.11 Å². The molecule has 0 saturated heterocycles. The summed E-state index contributed by atoms with van der Waals surface area (Å²) in [7, 11) is 0. The van der Waals surface area contributed by atoms with E-state index in [1.165, 1.54) is 5.56 Å². The van der Waals surface area contributed by atoms with Crippen LogP contribution in [0.25, 0.3) is 10.9 Å². The van der Waals surface area contributed by atoms with Gasteiger partial charge in [0, 0.05) is 16.6 Å². The summed E-state index contributed by atoms with van der Waals surface area (Å²) in [5, 5.41) is 11.0. The minimum absolute atomic E-state index is 0.0167. The van der Waals surface area contributed by atoms with E-state index in [1.54, 1.807) is 0 Å². The smallest absolute Gasteiger partial charge is 0.0756 e. The molecule has 0 aliphatic rings. The largest absolute Gasteiger partial charge is 0.394 e. The van der Waals surface area contributed by atoms with Crippen molar-refractivity contribution in [1.82, 2.24) is 9.88 Å². The maximum Gasteiger partial charge on any atom is 0.0756 e. The maximum absolute atomic E-state index is 9.90. The summed E-state index contributed by atoms with van der Waals surface area (Å²) in [4.78, 5) is 7.00. The molecule has 1 aromatic heterocycles. The Hall–Kier alpha value is -1.45. The summed E-state index contributed by atoms with van der Waals surface area (Å²) < 4.78 is 0. The van der Waals surface area contributed by atoms with Crippen LogP contribution < -0.4 is 0 Å². The second-order valence-electron chi connectivity index (χ2n) is 5.24. The number of aliphatic hydroxyl groups excluding tert-OH is 1. The molecule has 0 bridgehead atoms. The highest BCUT2D eigenvalue weighted by Gasteiger charge is 2.21. The number of benzene rings is 1. The number of likely N-dealkylation sites (N-methyl/N-ethyl adjacent to an activating group) is 1. The zero-order valence-electron chi connectivity index (χ0n) is 12.8. The lowest BCUT2D eigenvalue weighted by Gasteiger charge is -2.30. The van der Waals surface area contributed by atoms with Crippen LogP contribution in [0.2, 0.25) is 0 Å². The van der Waals surface area contributed by atoms with Crippen LogP contribution in [0, 0.1) is 13.8 Å². The lowest BCUT2D eigenvalue weighted by molar-refractivity contribution is 0.134. The van der Waals surface area contributed by atoms with Gasteiger partial charge in [0.1, 0.15) is 0 Å². The Bertz CT molecular complexity index is 586. The number of fused-ring (bicyclic) bond motifs is 1. The molecule has 1 N–H and O–H groups in total. The molecule has 0 radical (unpaired) electrons. The Labute approximate surface area is 121 Å². The second kappa shape index (κ2) is 6.33. The summed E-state index contributed by atoms with van der Waals surface area (Å²) >= 11 is 0. The first kappa shape index (κ1) is 14.9. The van der Waals surface area contributed by atoms with Crippen molar-refractivity contribution < 1.29 is 5.11 Å². The van der Waals surface area contributed by atoms with E-state index in [9.17, 15) is 5.11 Å². The number of nitrogens with zero attached hydrogens (tertiary/aromatic N) is 2. The summed E-state index contributed by atoms with van der Waals surface area (Å²) in [6.45, 7) is 10.3. The van der Waals surface area contributed by atoms with E-state index in [4.69, 9.17) is 4.98 Å². The number of hydrogen-bond donors (Lipinski definition) is 1. The summed E-state index contributed by atoms with van der Waals surface area (Å²) in [5.41, 5.74) is 4.40. The molecular weight excluding hydrogens is 248 g/mol. The van der Waals surface area contributed by atoms with Crippen LogP contribution in [-0.4, -0.2) is 34.7 Å². The van der Waals surface area contributed by atoms with E-state index >= 15 is 0 Å². The molecule has 1 heterocycles. The van der Waals surface area contributed by atoms with Gasteiger partial charge >= 0.3 is 0 Å². The first-order valence-corrected chi connectivity index (χ1v) is 7.34. The molecule has 0 amide bonds. The van der Waals surface area contributed by atoms with Gasteiger partial charge in [0.05, 0.1) is 18.2 Å². The van der Waals surface area contributed by atoms with Gasteiger partial charge in [-0.2, -0.15) is 0 Å². The Morgan fingerprint density at radius 3 is 2.35 bits per heavy atom. The van der Waals surface area contributed by atoms with Crippen LogP contribution in [0.5, 0.6) is 0 Å². The van der Waals surface area contributed by atoms with Gasteiger partial charge in [-0.1, -0.05) is 32.0 Å². The monoisotopic (exact) mass is 272 g/mol. The third-order valence-electron chi connectivity index (χ3n) is 4.02. The molecule has 0 aliphatic heterocycles. The van der Waals surface area contributed by atoms with Crippen molar-refractivity contribution in [1.29, 1.82) is 0 Å². The zero-order chi connectivity index (χ0) is 14.7. The van der Waals surface area contributed by atoms with Crippen molar-refractivity contribution in [3.05, 3.63) is 41.1 Å². The van der Waals surface area contributed by atoms with E-state index in [0.717, 1.165) is 35.2 Å². The summed E-state index contributed by atoms with van der Waals surface area (Å²) in [6.07, 6.45) is 0. The molecule has 2 rings (SSSR count). The highest BCUT2D eigenvalue weighted by atomic mass is 16.3. The number of aryl methyl sites for hydroxylation is 2. The minimum Gasteiger partial charge on any atom is -0.394 e. The molecule has 2 aromatic rings. The fourth-order valence-electron chi connectivity index (χ4n) is 2.88. The van der Waals surface area contributed by atoms with Gasteiger partial charge in [0.15, 0.2) is 0 Å². The average Bonchev–Trinajstić information content (AvgIpc) is 2.45. The van der Waals surface area contributed by atoms with Gasteiger partial charge in [-0.25, -0.2) is 0 Å². The Kier molecular flexibility index (Phi) is 4.73. The quantitative estimate of drug-likeness (QED) is 0.908. The van der Waals surface area contributed by atoms with Gasteiger partial charge in [-0.05, 0) is 38.6 Å². The summed E-state index contributed by atoms with van der Waals surface area (Å²) in [6, 6.07) is 8.39. The Balaban J connectivity index is 2.66. The van der Waals surface area contributed by atoms with E-state index in [2.05, 4.69) is 43.9 Å². The topological polar surface area (TPSA) is 36.4 Å². The summed E-state index contributed by atoms with van der Waals surface area (Å²) in [5.74, 6) is 0. The highest BCUT2D eigenvalue weighted by molar-refractivity contribution is 5.83. The van der Waals surface area contributed by atoms with Gasteiger partial charge in [-0.3, -0.25) is 9.88 Å². The van der Waals surface area contributed by atoms with E-state index < -0.39 is 0 Å². The van der Waals surface area contributed by atoms with Crippen LogP contribution in [0.1, 0.15) is 36.7 Å². The van der Waals surface area contributed by atoms with Crippen molar-refractivity contribution in [2.24, 2.45) is 0 Å². The predicted molar refractivity (Wildman–Crippen MR) is 84.0 cm³/mol. The normalized spacial score (nSPS) is 13.1. The lowest BCUT2D eigenvalue weighted by Crippen LogP contribution is -2.31. The number of hydrogen-bond acceptors (Lipinski definition) is 3. The molecule has 3 heteroatoms. The molecular formula is C17H24N2O. The molecule has 108 valence electrons. The van der Waals surface area contributed by atoms with Gasteiger partial charge in [0.25, 0.3) is 0 Å². The van der Waals surface area contributed by atoms with Crippen molar-refractivity contribution >= 4 is 10.9 Å². The molecule has 0 fully saturated rings.